The van der Waals surface area contributed by atoms with Crippen molar-refractivity contribution < 1.29 is 0 Å². The standard InChI is InChI=1S/C32H44N2/c1-20(2)25-15-12-16-26(21(3)4)31(25)33-24(9)29-14-10-11-19-30(29)34-32-27(22(5)6)17-13-18-28(32)23(7)8/h12-13,15-23H,10-11,14H2,1-9H3/q-2/b29-24-. The van der Waals surface area contributed by atoms with E-state index < -0.39 is 0 Å². The van der Waals surface area contributed by atoms with Gasteiger partial charge in [0.1, 0.15) is 0 Å². The highest BCUT2D eigenvalue weighted by atomic mass is 14.9. The first kappa shape index (κ1) is 26.1. The molecule has 1 aliphatic carbocycles. The zero-order valence-electron chi connectivity index (χ0n) is 22.9. The molecule has 184 valence electrons. The van der Waals surface area contributed by atoms with Crippen molar-refractivity contribution in [1.82, 2.24) is 0 Å². The van der Waals surface area contributed by atoms with Crippen molar-refractivity contribution in [2.45, 2.75) is 105 Å². The molecule has 0 amide bonds. The molecule has 0 aliphatic heterocycles. The summed E-state index contributed by atoms with van der Waals surface area (Å²) < 4.78 is 0. The maximum atomic E-state index is 5.36. The van der Waals surface area contributed by atoms with E-state index in [0.717, 1.165) is 42.0 Å². The van der Waals surface area contributed by atoms with Gasteiger partial charge in [0.15, 0.2) is 0 Å². The summed E-state index contributed by atoms with van der Waals surface area (Å²) >= 11 is 0. The Morgan fingerprint density at radius 3 is 1.56 bits per heavy atom. The minimum atomic E-state index is 0.436. The maximum Gasteiger partial charge on any atom is -0.0231 e. The van der Waals surface area contributed by atoms with E-state index in [0.29, 0.717) is 23.7 Å². The number of para-hydroxylation sites is 2. The zero-order valence-corrected chi connectivity index (χ0v) is 22.9. The van der Waals surface area contributed by atoms with E-state index in [1.165, 1.54) is 27.8 Å². The Labute approximate surface area is 209 Å². The lowest BCUT2D eigenvalue weighted by Crippen LogP contribution is -2.03. The van der Waals surface area contributed by atoms with Crippen LogP contribution in [0.25, 0.3) is 10.6 Å². The molecule has 2 heteroatoms. The Bertz CT molecular complexity index is 998. The molecule has 3 rings (SSSR count). The average Bonchev–Trinajstić information content (AvgIpc) is 2.79. The summed E-state index contributed by atoms with van der Waals surface area (Å²) in [5.74, 6) is 1.75. The topological polar surface area (TPSA) is 28.2 Å². The summed E-state index contributed by atoms with van der Waals surface area (Å²) in [4.78, 5) is 0. The van der Waals surface area contributed by atoms with Crippen molar-refractivity contribution in [3.63, 3.8) is 0 Å². The highest BCUT2D eigenvalue weighted by Gasteiger charge is 2.12. The summed E-state index contributed by atoms with van der Waals surface area (Å²) in [5.41, 5.74) is 11.2. The van der Waals surface area contributed by atoms with E-state index in [-0.39, 0.29) is 0 Å². The minimum absolute atomic E-state index is 0.436. The molecule has 0 N–H and O–H groups in total. The van der Waals surface area contributed by atoms with Crippen LogP contribution in [0.15, 0.2) is 59.4 Å². The van der Waals surface area contributed by atoms with Crippen LogP contribution >= 0.6 is 0 Å². The van der Waals surface area contributed by atoms with Crippen molar-refractivity contribution >= 4 is 11.4 Å². The molecule has 0 bridgehead atoms. The van der Waals surface area contributed by atoms with Gasteiger partial charge in [-0.25, -0.2) is 0 Å². The fraction of sp³-hybridized carbons (Fsp3) is 0.500. The molecule has 0 saturated heterocycles. The van der Waals surface area contributed by atoms with Gasteiger partial charge in [0, 0.05) is 0 Å². The zero-order chi connectivity index (χ0) is 25.0. The Balaban J connectivity index is 2.05. The monoisotopic (exact) mass is 456 g/mol. The van der Waals surface area contributed by atoms with Crippen LogP contribution < -0.4 is 0 Å². The summed E-state index contributed by atoms with van der Waals surface area (Å²) in [7, 11) is 0. The van der Waals surface area contributed by atoms with E-state index in [9.17, 15) is 0 Å². The molecule has 0 heterocycles. The molecule has 0 spiro atoms. The van der Waals surface area contributed by atoms with Crippen LogP contribution in [-0.2, 0) is 0 Å². The molecule has 2 nitrogen and oxygen atoms in total. The Kier molecular flexibility index (Phi) is 8.68. The second-order valence-electron chi connectivity index (χ2n) is 11.0. The lowest BCUT2D eigenvalue weighted by molar-refractivity contribution is 0.796. The Morgan fingerprint density at radius 1 is 0.676 bits per heavy atom. The van der Waals surface area contributed by atoms with E-state index >= 15 is 0 Å². The van der Waals surface area contributed by atoms with Crippen LogP contribution in [-0.4, -0.2) is 0 Å². The summed E-state index contributed by atoms with van der Waals surface area (Å²) in [6.07, 6.45) is 5.60. The number of hydrogen-bond donors (Lipinski definition) is 0. The van der Waals surface area contributed by atoms with Gasteiger partial charge in [-0.1, -0.05) is 133 Å². The largest absolute Gasteiger partial charge is 0.661 e. The van der Waals surface area contributed by atoms with Gasteiger partial charge in [0.2, 0.25) is 0 Å². The van der Waals surface area contributed by atoms with Gasteiger partial charge in [-0.2, -0.15) is 5.70 Å². The SMILES string of the molecule is C/C([N-]c1c(C(C)C)cccc1C(C)C)=C1\CCCC=C1[N-]c1c(C(C)C)cccc1C(C)C. The molecule has 0 unspecified atom stereocenters. The average molecular weight is 457 g/mol. The fourth-order valence-electron chi connectivity index (χ4n) is 4.89. The molecule has 1 aliphatic rings. The predicted molar refractivity (Wildman–Crippen MR) is 150 cm³/mol. The highest BCUT2D eigenvalue weighted by molar-refractivity contribution is 5.72. The van der Waals surface area contributed by atoms with Crippen LogP contribution in [0.4, 0.5) is 11.4 Å². The van der Waals surface area contributed by atoms with E-state index in [1.807, 2.05) is 0 Å². The van der Waals surface area contributed by atoms with Crippen LogP contribution in [0.5, 0.6) is 0 Å². The normalized spacial score (nSPS) is 15.9. The number of allylic oxidation sites excluding steroid dienone is 3. The molecular formula is C32H44N2-2. The quantitative estimate of drug-likeness (QED) is 0.378. The first-order valence-electron chi connectivity index (χ1n) is 13.2. The van der Waals surface area contributed by atoms with Crippen LogP contribution in [0.3, 0.4) is 0 Å². The lowest BCUT2D eigenvalue weighted by Gasteiger charge is -2.41. The number of nitrogens with zero attached hydrogens (tertiary/aromatic N) is 2. The summed E-state index contributed by atoms with van der Waals surface area (Å²) in [6, 6.07) is 13.3. The van der Waals surface area contributed by atoms with Gasteiger partial charge in [-0.15, -0.1) is 17.1 Å². The first-order valence-corrected chi connectivity index (χ1v) is 13.2. The highest BCUT2D eigenvalue weighted by Crippen LogP contribution is 2.46. The third kappa shape index (κ3) is 5.77. The molecule has 34 heavy (non-hydrogen) atoms. The third-order valence-electron chi connectivity index (χ3n) is 6.91. The van der Waals surface area contributed by atoms with Crippen LogP contribution in [0.1, 0.15) is 128 Å². The first-order chi connectivity index (χ1) is 16.1. The molecular weight excluding hydrogens is 412 g/mol. The van der Waals surface area contributed by atoms with Gasteiger partial charge >= 0.3 is 0 Å². The fourth-order valence-corrected chi connectivity index (χ4v) is 4.89. The third-order valence-corrected chi connectivity index (χ3v) is 6.91. The lowest BCUT2D eigenvalue weighted by atomic mass is 9.90. The predicted octanol–water partition coefficient (Wildman–Crippen LogP) is 11.2. The number of hydrogen-bond acceptors (Lipinski definition) is 0. The van der Waals surface area contributed by atoms with Crippen LogP contribution in [0.2, 0.25) is 0 Å². The second-order valence-corrected chi connectivity index (χ2v) is 11.0. The summed E-state index contributed by atoms with van der Waals surface area (Å²) in [5, 5.41) is 10.7. The second kappa shape index (κ2) is 11.3. The molecule has 2 aromatic carbocycles. The van der Waals surface area contributed by atoms with Crippen molar-refractivity contribution in [3.8, 4) is 0 Å². The Hall–Kier alpha value is -2.48. The molecule has 0 saturated carbocycles. The molecule has 0 atom stereocenters. The number of rotatable bonds is 8. The van der Waals surface area contributed by atoms with E-state index in [4.69, 9.17) is 10.6 Å². The van der Waals surface area contributed by atoms with Crippen LogP contribution in [0, 0.1) is 0 Å². The van der Waals surface area contributed by atoms with Gasteiger partial charge in [-0.3, -0.25) is 0 Å². The van der Waals surface area contributed by atoms with Gasteiger partial charge in [0.25, 0.3) is 0 Å². The maximum absolute atomic E-state index is 5.36. The molecule has 2 aromatic rings. The molecule has 0 radical (unpaired) electrons. The van der Waals surface area contributed by atoms with Crippen molar-refractivity contribution in [1.29, 1.82) is 0 Å². The minimum Gasteiger partial charge on any atom is -0.661 e. The van der Waals surface area contributed by atoms with E-state index in [1.54, 1.807) is 0 Å². The smallest absolute Gasteiger partial charge is 0.0231 e. The van der Waals surface area contributed by atoms with Crippen molar-refractivity contribution in [3.05, 3.63) is 92.3 Å². The molecule has 0 aromatic heterocycles. The van der Waals surface area contributed by atoms with Gasteiger partial charge in [0.05, 0.1) is 0 Å². The Morgan fingerprint density at radius 2 is 1.12 bits per heavy atom. The van der Waals surface area contributed by atoms with E-state index in [2.05, 4.69) is 105 Å². The van der Waals surface area contributed by atoms with Crippen molar-refractivity contribution in [2.75, 3.05) is 0 Å². The van der Waals surface area contributed by atoms with Crippen molar-refractivity contribution in [2.24, 2.45) is 0 Å². The summed E-state index contributed by atoms with van der Waals surface area (Å²) in [6.45, 7) is 20.3. The van der Waals surface area contributed by atoms with Gasteiger partial charge in [-0.05, 0) is 42.9 Å². The van der Waals surface area contributed by atoms with Gasteiger partial charge < -0.3 is 10.6 Å². The molecule has 0 fully saturated rings. The number of benzene rings is 2.